The molecule has 1 fully saturated rings. The second-order valence-corrected chi connectivity index (χ2v) is 8.78. The highest BCUT2D eigenvalue weighted by atomic mass is 35.5. The lowest BCUT2D eigenvalue weighted by Gasteiger charge is -2.22. The molecule has 0 amide bonds. The van der Waals surface area contributed by atoms with E-state index in [1.165, 1.54) is 11.1 Å². The molecule has 0 saturated heterocycles. The molecule has 5 rings (SSSR count). The minimum atomic E-state index is -0.148. The smallest absolute Gasteiger partial charge is 0.282 e. The molecule has 2 aromatic carbocycles. The third kappa shape index (κ3) is 4.00. The summed E-state index contributed by atoms with van der Waals surface area (Å²) in [5.41, 5.74) is 2.58. The van der Waals surface area contributed by atoms with E-state index in [1.54, 1.807) is 12.3 Å². The molecule has 162 valence electrons. The highest BCUT2D eigenvalue weighted by molar-refractivity contribution is 6.30. The van der Waals surface area contributed by atoms with Crippen molar-refractivity contribution in [1.29, 1.82) is 0 Å². The molecule has 0 N–H and O–H groups in total. The van der Waals surface area contributed by atoms with Crippen LogP contribution in [0.4, 0.5) is 0 Å². The first-order valence-electron chi connectivity index (χ1n) is 11.0. The largest absolute Gasteiger partial charge is 0.455 e. The summed E-state index contributed by atoms with van der Waals surface area (Å²) in [7, 11) is 0. The van der Waals surface area contributed by atoms with Gasteiger partial charge in [0.05, 0.1) is 17.1 Å². The predicted molar refractivity (Wildman–Crippen MR) is 129 cm³/mol. The molecule has 0 radical (unpaired) electrons. The molecule has 0 unspecified atom stereocenters. The summed E-state index contributed by atoms with van der Waals surface area (Å²) in [5.74, 6) is 2.25. The Morgan fingerprint density at radius 3 is 2.75 bits per heavy atom. The van der Waals surface area contributed by atoms with Crippen LogP contribution in [0.3, 0.4) is 0 Å². The number of aromatic nitrogens is 2. The molecule has 32 heavy (non-hydrogen) atoms. The van der Waals surface area contributed by atoms with Crippen molar-refractivity contribution in [2.45, 2.75) is 44.9 Å². The Labute approximate surface area is 191 Å². The van der Waals surface area contributed by atoms with Crippen LogP contribution in [-0.4, -0.2) is 15.9 Å². The molecule has 2 aromatic heterocycles. The average molecular weight is 446 g/mol. The molecule has 0 spiro atoms. The van der Waals surface area contributed by atoms with Gasteiger partial charge in [0.2, 0.25) is 0 Å². The van der Waals surface area contributed by atoms with Crippen molar-refractivity contribution >= 4 is 28.7 Å². The molecule has 5 nitrogen and oxygen atoms in total. The Bertz CT molecular complexity index is 1360. The maximum Gasteiger partial charge on any atom is 0.282 e. The number of nitrogens with zero attached hydrogens (tertiary/aromatic N) is 3. The normalized spacial score (nSPS) is 15.1. The van der Waals surface area contributed by atoms with E-state index in [-0.39, 0.29) is 11.5 Å². The van der Waals surface area contributed by atoms with Crippen molar-refractivity contribution in [3.63, 3.8) is 0 Å². The van der Waals surface area contributed by atoms with Crippen molar-refractivity contribution in [2.75, 3.05) is 0 Å². The molecule has 2 heterocycles. The van der Waals surface area contributed by atoms with Gasteiger partial charge in [-0.15, -0.1) is 0 Å². The van der Waals surface area contributed by atoms with E-state index in [4.69, 9.17) is 21.0 Å². The summed E-state index contributed by atoms with van der Waals surface area (Å²) >= 11 is 6.16. The first-order chi connectivity index (χ1) is 15.6. The minimum absolute atomic E-state index is 0.148. The first-order valence-corrected chi connectivity index (χ1v) is 11.4. The van der Waals surface area contributed by atoms with Gasteiger partial charge >= 0.3 is 0 Å². The topological polar surface area (TPSA) is 60.4 Å². The van der Waals surface area contributed by atoms with Crippen LogP contribution in [0.5, 0.6) is 0 Å². The highest BCUT2D eigenvalue weighted by Crippen LogP contribution is 2.32. The van der Waals surface area contributed by atoms with E-state index in [9.17, 15) is 4.79 Å². The summed E-state index contributed by atoms with van der Waals surface area (Å²) in [6.07, 6.45) is 7.18. The molecule has 1 aliphatic rings. The van der Waals surface area contributed by atoms with E-state index in [1.807, 2.05) is 55.5 Å². The maximum absolute atomic E-state index is 13.3. The predicted octanol–water partition coefficient (Wildman–Crippen LogP) is 6.55. The second kappa shape index (κ2) is 8.75. The van der Waals surface area contributed by atoms with E-state index < -0.39 is 0 Å². The number of benzene rings is 2. The van der Waals surface area contributed by atoms with Gasteiger partial charge in [-0.05, 0) is 61.7 Å². The van der Waals surface area contributed by atoms with Crippen molar-refractivity contribution in [2.24, 2.45) is 5.10 Å². The van der Waals surface area contributed by atoms with E-state index in [2.05, 4.69) is 5.10 Å². The molecule has 1 saturated carbocycles. The van der Waals surface area contributed by atoms with Gasteiger partial charge < -0.3 is 4.42 Å². The van der Waals surface area contributed by atoms with Crippen molar-refractivity contribution in [3.05, 3.63) is 87.1 Å². The van der Waals surface area contributed by atoms with Crippen molar-refractivity contribution in [1.82, 2.24) is 9.66 Å². The minimum Gasteiger partial charge on any atom is -0.455 e. The van der Waals surface area contributed by atoms with Crippen LogP contribution in [0.2, 0.25) is 5.02 Å². The number of furan rings is 1. The Hall–Kier alpha value is -3.18. The second-order valence-electron chi connectivity index (χ2n) is 8.34. The van der Waals surface area contributed by atoms with E-state index >= 15 is 0 Å². The summed E-state index contributed by atoms with van der Waals surface area (Å²) in [4.78, 5) is 18.1. The fraction of sp³-hybridized carbons (Fsp3) is 0.269. The number of halogens is 1. The SMILES string of the molecule is Cc1ccc(Cl)cc1-c1ccc(C=Nn2c(C3CCCCC3)nc3ccccc3c2=O)o1. The summed E-state index contributed by atoms with van der Waals surface area (Å²) in [6, 6.07) is 16.9. The van der Waals surface area contributed by atoms with Crippen molar-refractivity contribution in [3.8, 4) is 11.3 Å². The third-order valence-corrected chi connectivity index (χ3v) is 6.38. The van der Waals surface area contributed by atoms with Gasteiger partial charge in [-0.3, -0.25) is 4.79 Å². The van der Waals surface area contributed by atoms with Crippen LogP contribution in [0.1, 0.15) is 55.2 Å². The Balaban J connectivity index is 1.55. The molecule has 1 aliphatic carbocycles. The van der Waals surface area contributed by atoms with Gasteiger partial charge in [-0.1, -0.05) is 49.1 Å². The lowest BCUT2D eigenvalue weighted by Crippen LogP contribution is -2.25. The lowest BCUT2D eigenvalue weighted by atomic mass is 9.88. The molecule has 0 bridgehead atoms. The molecule has 6 heteroatoms. The van der Waals surface area contributed by atoms with Gasteiger partial charge in [0, 0.05) is 16.5 Å². The fourth-order valence-electron chi connectivity index (χ4n) is 4.42. The van der Waals surface area contributed by atoms with Crippen molar-refractivity contribution < 1.29 is 4.42 Å². The summed E-state index contributed by atoms with van der Waals surface area (Å²) in [6.45, 7) is 2.01. The van der Waals surface area contributed by atoms with Crippen LogP contribution in [0.25, 0.3) is 22.2 Å². The zero-order valence-corrected chi connectivity index (χ0v) is 18.7. The number of para-hydroxylation sites is 1. The molecule has 0 atom stereocenters. The van der Waals surface area contributed by atoms with Crippen LogP contribution < -0.4 is 5.56 Å². The van der Waals surface area contributed by atoms with Gasteiger partial charge in [0.1, 0.15) is 17.3 Å². The highest BCUT2D eigenvalue weighted by Gasteiger charge is 2.22. The summed E-state index contributed by atoms with van der Waals surface area (Å²) < 4.78 is 7.46. The van der Waals surface area contributed by atoms with Gasteiger partial charge in [0.25, 0.3) is 5.56 Å². The molecular formula is C26H24ClN3O2. The number of hydrogen-bond acceptors (Lipinski definition) is 4. The van der Waals surface area contributed by atoms with Crippen LogP contribution in [-0.2, 0) is 0 Å². The van der Waals surface area contributed by atoms with Gasteiger partial charge in [-0.25, -0.2) is 4.98 Å². The monoisotopic (exact) mass is 445 g/mol. The number of hydrogen-bond donors (Lipinski definition) is 0. The third-order valence-electron chi connectivity index (χ3n) is 6.14. The lowest BCUT2D eigenvalue weighted by molar-refractivity contribution is 0.416. The maximum atomic E-state index is 13.3. The van der Waals surface area contributed by atoms with Gasteiger partial charge in [-0.2, -0.15) is 9.78 Å². The van der Waals surface area contributed by atoms with Crippen LogP contribution >= 0.6 is 11.6 Å². The average Bonchev–Trinajstić information content (AvgIpc) is 3.29. The Kier molecular flexibility index (Phi) is 5.66. The number of rotatable bonds is 4. The number of aryl methyl sites for hydroxylation is 1. The molecule has 0 aliphatic heterocycles. The first kappa shape index (κ1) is 20.7. The zero-order valence-electron chi connectivity index (χ0n) is 17.9. The number of fused-ring (bicyclic) bond motifs is 1. The Morgan fingerprint density at radius 2 is 1.91 bits per heavy atom. The quantitative estimate of drug-likeness (QED) is 0.335. The summed E-state index contributed by atoms with van der Waals surface area (Å²) in [5, 5.41) is 5.77. The molecular weight excluding hydrogens is 422 g/mol. The van der Waals surface area contributed by atoms with E-state index in [0.717, 1.165) is 48.2 Å². The standard InChI is InChI=1S/C26H24ClN3O2/c1-17-11-12-19(27)15-22(17)24-14-13-20(32-24)16-28-30-25(18-7-3-2-4-8-18)29-23-10-6-5-9-21(23)26(30)31/h5-6,9-16,18H,2-4,7-8H2,1H3. The van der Waals surface area contributed by atoms with E-state index in [0.29, 0.717) is 21.9 Å². The van der Waals surface area contributed by atoms with Gasteiger partial charge in [0.15, 0.2) is 0 Å². The fourth-order valence-corrected chi connectivity index (χ4v) is 4.59. The Morgan fingerprint density at radius 1 is 1.09 bits per heavy atom. The van der Waals surface area contributed by atoms with Crippen LogP contribution in [0, 0.1) is 6.92 Å². The molecule has 4 aromatic rings. The zero-order chi connectivity index (χ0) is 22.1. The van der Waals surface area contributed by atoms with Crippen LogP contribution in [0.15, 0.2) is 68.9 Å².